The van der Waals surface area contributed by atoms with Crippen LogP contribution in [-0.4, -0.2) is 41.2 Å². The Labute approximate surface area is 250 Å². The summed E-state index contributed by atoms with van der Waals surface area (Å²) in [6, 6.07) is 29.9. The largest absolute Gasteiger partial charge is 0.367 e. The summed E-state index contributed by atoms with van der Waals surface area (Å²) < 4.78 is 40.5. The third-order valence-corrected chi connectivity index (χ3v) is 8.66. The van der Waals surface area contributed by atoms with Gasteiger partial charge in [0.25, 0.3) is 5.69 Å². The van der Waals surface area contributed by atoms with E-state index in [9.17, 15) is 18.9 Å². The van der Waals surface area contributed by atoms with Crippen LogP contribution in [0.4, 0.5) is 14.5 Å². The molecule has 2 aliphatic heterocycles. The quantitative estimate of drug-likeness (QED) is 0.133. The number of non-ortho nitro benzene ring substituents is 1. The third kappa shape index (κ3) is 6.82. The summed E-state index contributed by atoms with van der Waals surface area (Å²) in [6.07, 6.45) is 3.22. The van der Waals surface area contributed by atoms with Crippen LogP contribution in [0.5, 0.6) is 0 Å². The molecule has 2 unspecified atom stereocenters. The minimum Gasteiger partial charge on any atom is -0.367 e. The average molecular weight is 585 g/mol. The van der Waals surface area contributed by atoms with Gasteiger partial charge in [-0.15, -0.1) is 0 Å². The summed E-state index contributed by atoms with van der Waals surface area (Å²) in [5.74, 6) is -0.614. The number of piperidine rings is 1. The van der Waals surface area contributed by atoms with Crippen molar-refractivity contribution in [3.05, 3.63) is 147 Å². The van der Waals surface area contributed by atoms with E-state index in [1.165, 1.54) is 36.4 Å². The van der Waals surface area contributed by atoms with Crippen LogP contribution >= 0.6 is 0 Å². The second-order valence-electron chi connectivity index (χ2n) is 11.3. The number of nitro benzene ring substituents is 1. The number of nitro groups is 1. The third-order valence-electron chi connectivity index (χ3n) is 8.66. The Morgan fingerprint density at radius 3 is 1.74 bits per heavy atom. The molecule has 0 radical (unpaired) electrons. The van der Waals surface area contributed by atoms with Crippen molar-refractivity contribution in [1.29, 1.82) is 0 Å². The Hall–Kier alpha value is -3.98. The molecule has 2 saturated heterocycles. The first-order chi connectivity index (χ1) is 20.9. The highest BCUT2D eigenvalue weighted by molar-refractivity contribution is 5.37. The zero-order valence-electron chi connectivity index (χ0n) is 23.7. The van der Waals surface area contributed by atoms with Gasteiger partial charge < -0.3 is 9.47 Å². The molecule has 0 saturated carbocycles. The van der Waals surface area contributed by atoms with Gasteiger partial charge in [0.05, 0.1) is 17.6 Å². The van der Waals surface area contributed by atoms with Crippen molar-refractivity contribution in [2.24, 2.45) is 0 Å². The van der Waals surface area contributed by atoms with E-state index in [0.29, 0.717) is 18.7 Å². The standard InChI is InChI=1S/C35H34F2N2O4/c36-28-12-6-26(7-13-28)35(27-8-14-29(37)15-9-27)43-33-22-31-18-19-32(23-33)38(31)20-21-42-34(24-4-2-1-3-5-24)25-10-16-30(17-11-25)39(40)41/h1-17,31-35H,18-23H2/t31-,32+,33?,34?. The molecule has 6 rings (SSSR count). The molecular formula is C35H34F2N2O4. The predicted octanol–water partition coefficient (Wildman–Crippen LogP) is 7.78. The number of benzene rings is 4. The Morgan fingerprint density at radius 2 is 1.21 bits per heavy atom. The molecule has 4 aromatic carbocycles. The lowest BCUT2D eigenvalue weighted by Gasteiger charge is -2.40. The van der Waals surface area contributed by atoms with Gasteiger partial charge in [-0.05, 0) is 84.3 Å². The van der Waals surface area contributed by atoms with Gasteiger partial charge in [-0.2, -0.15) is 0 Å². The maximum atomic E-state index is 13.7. The summed E-state index contributed by atoms with van der Waals surface area (Å²) in [5, 5.41) is 11.2. The van der Waals surface area contributed by atoms with Crippen LogP contribution < -0.4 is 0 Å². The number of ether oxygens (including phenoxy) is 2. The summed E-state index contributed by atoms with van der Waals surface area (Å²) in [5.41, 5.74) is 3.61. The lowest BCUT2D eigenvalue weighted by atomic mass is 9.97. The Kier molecular flexibility index (Phi) is 8.88. The molecule has 0 aromatic heterocycles. The molecule has 2 bridgehead atoms. The SMILES string of the molecule is O=[N+]([O-])c1ccc(C(OCCN2[C@@H]3CC[C@H]2CC(OC(c2ccc(F)cc2)c2ccc(F)cc2)C3)c2ccccc2)cc1. The molecular weight excluding hydrogens is 550 g/mol. The van der Waals surface area contributed by atoms with Gasteiger partial charge in [-0.3, -0.25) is 15.0 Å². The topological polar surface area (TPSA) is 64.8 Å². The first kappa shape index (κ1) is 29.1. The van der Waals surface area contributed by atoms with E-state index >= 15 is 0 Å². The maximum Gasteiger partial charge on any atom is 0.269 e. The van der Waals surface area contributed by atoms with Crippen LogP contribution in [0, 0.1) is 21.7 Å². The molecule has 0 amide bonds. The van der Waals surface area contributed by atoms with Crippen LogP contribution in [0.3, 0.4) is 0 Å². The first-order valence-electron chi connectivity index (χ1n) is 14.8. The molecule has 0 spiro atoms. The van der Waals surface area contributed by atoms with Crippen LogP contribution in [-0.2, 0) is 9.47 Å². The minimum atomic E-state index is -0.409. The minimum absolute atomic E-state index is 0.0203. The van der Waals surface area contributed by atoms with Crippen LogP contribution in [0.1, 0.15) is 60.1 Å². The average Bonchev–Trinajstić information content (AvgIpc) is 3.26. The smallest absolute Gasteiger partial charge is 0.269 e. The Bertz CT molecular complexity index is 1440. The number of fused-ring (bicyclic) bond motifs is 2. The summed E-state index contributed by atoms with van der Waals surface area (Å²) in [7, 11) is 0. The fourth-order valence-electron chi connectivity index (χ4n) is 6.58. The van der Waals surface area contributed by atoms with Crippen LogP contribution in [0.25, 0.3) is 0 Å². The van der Waals surface area contributed by atoms with Crippen molar-refractivity contribution >= 4 is 5.69 Å². The summed E-state index contributed by atoms with van der Waals surface area (Å²) in [6.45, 7) is 1.29. The Balaban J connectivity index is 1.11. The molecule has 4 aromatic rings. The number of nitrogens with zero attached hydrogens (tertiary/aromatic N) is 2. The molecule has 6 nitrogen and oxygen atoms in total. The van der Waals surface area contributed by atoms with Crippen molar-refractivity contribution in [3.8, 4) is 0 Å². The summed E-state index contributed by atoms with van der Waals surface area (Å²) >= 11 is 0. The van der Waals surface area contributed by atoms with Gasteiger partial charge in [0.1, 0.15) is 23.8 Å². The highest BCUT2D eigenvalue weighted by Gasteiger charge is 2.41. The predicted molar refractivity (Wildman–Crippen MR) is 160 cm³/mol. The molecule has 222 valence electrons. The fraction of sp³-hybridized carbons (Fsp3) is 0.314. The van der Waals surface area contributed by atoms with Crippen molar-refractivity contribution in [3.63, 3.8) is 0 Å². The zero-order valence-corrected chi connectivity index (χ0v) is 23.7. The second-order valence-corrected chi connectivity index (χ2v) is 11.3. The van der Waals surface area contributed by atoms with E-state index in [1.807, 2.05) is 30.3 Å². The van der Waals surface area contributed by atoms with Gasteiger partial charge >= 0.3 is 0 Å². The highest BCUT2D eigenvalue weighted by atomic mass is 19.1. The van der Waals surface area contributed by atoms with Gasteiger partial charge in [0, 0.05) is 30.8 Å². The molecule has 43 heavy (non-hydrogen) atoms. The van der Waals surface area contributed by atoms with E-state index in [1.54, 1.807) is 36.4 Å². The molecule has 8 heteroatoms. The van der Waals surface area contributed by atoms with Gasteiger partial charge in [0.2, 0.25) is 0 Å². The summed E-state index contributed by atoms with van der Waals surface area (Å²) in [4.78, 5) is 13.3. The fourth-order valence-corrected chi connectivity index (χ4v) is 6.58. The molecule has 0 aliphatic carbocycles. The molecule has 2 heterocycles. The van der Waals surface area contributed by atoms with E-state index in [4.69, 9.17) is 9.47 Å². The van der Waals surface area contributed by atoms with E-state index in [0.717, 1.165) is 54.5 Å². The Morgan fingerprint density at radius 1 is 0.721 bits per heavy atom. The van der Waals surface area contributed by atoms with Gasteiger partial charge in [-0.25, -0.2) is 8.78 Å². The zero-order chi connectivity index (χ0) is 29.8. The number of hydrogen-bond donors (Lipinski definition) is 0. The maximum absolute atomic E-state index is 13.7. The number of hydrogen-bond acceptors (Lipinski definition) is 5. The van der Waals surface area contributed by atoms with Crippen molar-refractivity contribution in [1.82, 2.24) is 4.90 Å². The number of rotatable bonds is 11. The van der Waals surface area contributed by atoms with Crippen molar-refractivity contribution in [2.45, 2.75) is 56.1 Å². The monoisotopic (exact) mass is 584 g/mol. The van der Waals surface area contributed by atoms with E-state index in [2.05, 4.69) is 4.90 Å². The number of halogens is 2. The first-order valence-corrected chi connectivity index (χ1v) is 14.8. The van der Waals surface area contributed by atoms with Crippen molar-refractivity contribution < 1.29 is 23.2 Å². The normalized spacial score (nSPS) is 20.8. The van der Waals surface area contributed by atoms with Crippen molar-refractivity contribution in [2.75, 3.05) is 13.2 Å². The van der Waals surface area contributed by atoms with E-state index < -0.39 is 11.0 Å². The van der Waals surface area contributed by atoms with Crippen LogP contribution in [0.2, 0.25) is 0 Å². The molecule has 2 aliphatic rings. The molecule has 2 fully saturated rings. The van der Waals surface area contributed by atoms with E-state index in [-0.39, 0.29) is 29.5 Å². The van der Waals surface area contributed by atoms with Crippen LogP contribution in [0.15, 0.2) is 103 Å². The molecule has 4 atom stereocenters. The molecule has 0 N–H and O–H groups in total. The second kappa shape index (κ2) is 13.1. The lowest BCUT2D eigenvalue weighted by Crippen LogP contribution is -2.47. The van der Waals surface area contributed by atoms with Gasteiger partial charge in [0.15, 0.2) is 0 Å². The van der Waals surface area contributed by atoms with Gasteiger partial charge in [-0.1, -0.05) is 54.6 Å². The highest BCUT2D eigenvalue weighted by Crippen LogP contribution is 2.40. The lowest BCUT2D eigenvalue weighted by molar-refractivity contribution is -0.384.